The van der Waals surface area contributed by atoms with E-state index in [0.717, 1.165) is 23.8 Å². The normalized spacial score (nSPS) is 12.6. The lowest BCUT2D eigenvalue weighted by atomic mass is 9.82. The summed E-state index contributed by atoms with van der Waals surface area (Å²) in [5.74, 6) is 0.437. The van der Waals surface area contributed by atoms with Crippen LogP contribution in [-0.2, 0) is 17.6 Å². The van der Waals surface area contributed by atoms with E-state index in [9.17, 15) is 4.79 Å². The summed E-state index contributed by atoms with van der Waals surface area (Å²) in [5, 5.41) is 2.33. The summed E-state index contributed by atoms with van der Waals surface area (Å²) in [6.45, 7) is 1.46. The van der Waals surface area contributed by atoms with E-state index in [-0.39, 0.29) is 5.97 Å². The van der Waals surface area contributed by atoms with Gasteiger partial charge in [0.05, 0.1) is 0 Å². The minimum absolute atomic E-state index is 0.267. The number of ether oxygens (including phenoxy) is 1. The number of aryl methyl sites for hydroxylation is 1. The van der Waals surface area contributed by atoms with Crippen LogP contribution in [0.15, 0.2) is 54.6 Å². The van der Waals surface area contributed by atoms with Gasteiger partial charge in [0.2, 0.25) is 0 Å². The number of hydrogen-bond acceptors (Lipinski definition) is 2. The van der Waals surface area contributed by atoms with Crippen molar-refractivity contribution in [1.29, 1.82) is 0 Å². The van der Waals surface area contributed by atoms with Crippen molar-refractivity contribution >= 4 is 16.7 Å². The van der Waals surface area contributed by atoms with E-state index in [2.05, 4.69) is 42.5 Å². The molecule has 0 saturated carbocycles. The fourth-order valence-electron chi connectivity index (χ4n) is 3.41. The predicted octanol–water partition coefficient (Wildman–Crippen LogP) is 4.53. The molecule has 22 heavy (non-hydrogen) atoms. The zero-order valence-electron chi connectivity index (χ0n) is 12.4. The molecule has 4 rings (SSSR count). The topological polar surface area (TPSA) is 26.3 Å². The Balaban J connectivity index is 2.09. The van der Waals surface area contributed by atoms with Crippen molar-refractivity contribution in [3.8, 4) is 16.9 Å². The van der Waals surface area contributed by atoms with Crippen molar-refractivity contribution in [2.75, 3.05) is 0 Å². The van der Waals surface area contributed by atoms with Crippen LogP contribution in [0.3, 0.4) is 0 Å². The third-order valence-electron chi connectivity index (χ3n) is 4.30. The first-order chi connectivity index (χ1) is 10.7. The lowest BCUT2D eigenvalue weighted by Crippen LogP contribution is -2.10. The quantitative estimate of drug-likeness (QED) is 0.486. The van der Waals surface area contributed by atoms with Crippen LogP contribution in [0.2, 0.25) is 0 Å². The van der Waals surface area contributed by atoms with Gasteiger partial charge in [-0.05, 0) is 46.4 Å². The van der Waals surface area contributed by atoms with E-state index < -0.39 is 0 Å². The molecule has 0 atom stereocenters. The smallest absolute Gasteiger partial charge is 0.308 e. The van der Waals surface area contributed by atoms with Gasteiger partial charge < -0.3 is 4.74 Å². The van der Waals surface area contributed by atoms with E-state index in [1.165, 1.54) is 29.0 Å². The molecule has 0 spiro atoms. The van der Waals surface area contributed by atoms with Crippen molar-refractivity contribution in [2.24, 2.45) is 0 Å². The molecule has 3 aromatic carbocycles. The molecule has 0 N–H and O–H groups in total. The molecule has 0 unspecified atom stereocenters. The molecule has 0 heterocycles. The third kappa shape index (κ3) is 2.00. The van der Waals surface area contributed by atoms with Gasteiger partial charge in [0.25, 0.3) is 0 Å². The molecule has 1 aliphatic rings. The Hall–Kier alpha value is -2.61. The summed E-state index contributed by atoms with van der Waals surface area (Å²) >= 11 is 0. The highest BCUT2D eigenvalue weighted by Gasteiger charge is 2.22. The van der Waals surface area contributed by atoms with Crippen LogP contribution in [0.25, 0.3) is 21.9 Å². The van der Waals surface area contributed by atoms with Gasteiger partial charge in [-0.3, -0.25) is 4.79 Å². The van der Waals surface area contributed by atoms with Gasteiger partial charge in [-0.1, -0.05) is 48.5 Å². The summed E-state index contributed by atoms with van der Waals surface area (Å²) in [4.78, 5) is 11.5. The van der Waals surface area contributed by atoms with E-state index in [0.29, 0.717) is 5.75 Å². The molecule has 0 amide bonds. The van der Waals surface area contributed by atoms with Crippen LogP contribution >= 0.6 is 0 Å². The van der Waals surface area contributed by atoms with E-state index in [4.69, 9.17) is 4.74 Å². The van der Waals surface area contributed by atoms with Crippen molar-refractivity contribution in [1.82, 2.24) is 0 Å². The lowest BCUT2D eigenvalue weighted by molar-refractivity contribution is -0.131. The lowest BCUT2D eigenvalue weighted by Gasteiger charge is -2.24. The van der Waals surface area contributed by atoms with Crippen LogP contribution in [0.1, 0.15) is 18.1 Å². The monoisotopic (exact) mass is 288 g/mol. The number of carbonyl (C=O) groups is 1. The largest absolute Gasteiger partial charge is 0.426 e. The highest BCUT2D eigenvalue weighted by atomic mass is 16.5. The first kappa shape index (κ1) is 13.1. The zero-order valence-corrected chi connectivity index (χ0v) is 12.4. The fraction of sp³-hybridized carbons (Fsp3) is 0.150. The van der Waals surface area contributed by atoms with Crippen LogP contribution in [-0.4, -0.2) is 5.97 Å². The Morgan fingerprint density at radius 1 is 1.00 bits per heavy atom. The summed E-state index contributed by atoms with van der Waals surface area (Å²) < 4.78 is 5.50. The molecule has 0 aliphatic heterocycles. The van der Waals surface area contributed by atoms with Crippen LogP contribution in [0.5, 0.6) is 5.75 Å². The Kier molecular flexibility index (Phi) is 2.97. The van der Waals surface area contributed by atoms with Gasteiger partial charge in [0, 0.05) is 12.5 Å². The molecule has 0 radical (unpaired) electrons. The molecular formula is C20H16O2. The van der Waals surface area contributed by atoms with Gasteiger partial charge in [0.15, 0.2) is 0 Å². The summed E-state index contributed by atoms with van der Waals surface area (Å²) in [7, 11) is 0. The van der Waals surface area contributed by atoms with E-state index in [1.54, 1.807) is 0 Å². The Morgan fingerprint density at radius 2 is 1.77 bits per heavy atom. The van der Waals surface area contributed by atoms with Gasteiger partial charge in [0.1, 0.15) is 5.75 Å². The van der Waals surface area contributed by atoms with Gasteiger partial charge in [-0.25, -0.2) is 0 Å². The third-order valence-corrected chi connectivity index (χ3v) is 4.30. The van der Waals surface area contributed by atoms with E-state index >= 15 is 0 Å². The van der Waals surface area contributed by atoms with Crippen molar-refractivity contribution in [3.63, 3.8) is 0 Å². The van der Waals surface area contributed by atoms with Crippen LogP contribution in [0.4, 0.5) is 0 Å². The molecule has 0 saturated heterocycles. The van der Waals surface area contributed by atoms with Crippen molar-refractivity contribution < 1.29 is 9.53 Å². The van der Waals surface area contributed by atoms with Crippen molar-refractivity contribution in [2.45, 2.75) is 19.8 Å². The van der Waals surface area contributed by atoms with Gasteiger partial charge in [-0.15, -0.1) is 0 Å². The van der Waals surface area contributed by atoms with Crippen molar-refractivity contribution in [3.05, 3.63) is 65.7 Å². The van der Waals surface area contributed by atoms with Gasteiger partial charge in [-0.2, -0.15) is 0 Å². The number of fused-ring (bicyclic) bond motifs is 5. The molecule has 2 heteroatoms. The number of rotatable bonds is 1. The molecule has 0 aromatic heterocycles. The molecule has 3 aromatic rings. The number of carbonyl (C=O) groups excluding carboxylic acids is 1. The minimum Gasteiger partial charge on any atom is -0.426 e. The van der Waals surface area contributed by atoms with E-state index in [1.807, 2.05) is 12.1 Å². The molecule has 0 bridgehead atoms. The fourth-order valence-corrected chi connectivity index (χ4v) is 3.41. The maximum absolute atomic E-state index is 11.5. The molecule has 2 nitrogen and oxygen atoms in total. The Bertz CT molecular complexity index is 893. The molecule has 1 aliphatic carbocycles. The first-order valence-corrected chi connectivity index (χ1v) is 7.55. The second-order valence-electron chi connectivity index (χ2n) is 5.70. The SMILES string of the molecule is CC(=O)Oc1cc2ccccc2c2c1CCc1ccccc1-2. The number of hydrogen-bond donors (Lipinski definition) is 0. The number of esters is 1. The van der Waals surface area contributed by atoms with Crippen LogP contribution in [0, 0.1) is 0 Å². The number of benzene rings is 3. The standard InChI is InChI=1S/C20H16O2/c1-13(21)22-19-12-15-7-3-5-9-17(15)20-16-8-4-2-6-14(16)10-11-18(19)20/h2-9,12H,10-11H2,1H3. The predicted molar refractivity (Wildman–Crippen MR) is 88.1 cm³/mol. The van der Waals surface area contributed by atoms with Gasteiger partial charge >= 0.3 is 5.97 Å². The molecule has 0 fully saturated rings. The second-order valence-corrected chi connectivity index (χ2v) is 5.70. The second kappa shape index (κ2) is 4.99. The summed E-state index contributed by atoms with van der Waals surface area (Å²) in [6.07, 6.45) is 1.88. The average Bonchev–Trinajstić information content (AvgIpc) is 2.54. The highest BCUT2D eigenvalue weighted by Crippen LogP contribution is 2.43. The molecule has 108 valence electrons. The summed E-state index contributed by atoms with van der Waals surface area (Å²) in [6, 6.07) is 18.8. The maximum atomic E-state index is 11.5. The molecular weight excluding hydrogens is 272 g/mol. The van der Waals surface area contributed by atoms with Crippen LogP contribution < -0.4 is 4.74 Å². The Labute approximate surface area is 129 Å². The highest BCUT2D eigenvalue weighted by molar-refractivity contribution is 6.01. The average molecular weight is 288 g/mol. The first-order valence-electron chi connectivity index (χ1n) is 7.55. The maximum Gasteiger partial charge on any atom is 0.308 e. The summed E-state index contributed by atoms with van der Waals surface area (Å²) in [5.41, 5.74) is 4.98. The zero-order chi connectivity index (χ0) is 15.1. The minimum atomic E-state index is -0.267. The Morgan fingerprint density at radius 3 is 2.64 bits per heavy atom.